The lowest BCUT2D eigenvalue weighted by molar-refractivity contribution is 0.102. The van der Waals surface area contributed by atoms with Crippen LogP contribution in [0.25, 0.3) is 0 Å². The third-order valence-corrected chi connectivity index (χ3v) is 6.95. The van der Waals surface area contributed by atoms with E-state index >= 15 is 0 Å². The van der Waals surface area contributed by atoms with Crippen molar-refractivity contribution < 1.29 is 13.2 Å². The average Bonchev–Trinajstić information content (AvgIpc) is 2.65. The summed E-state index contributed by atoms with van der Waals surface area (Å²) in [5, 5.41) is 3.29. The molecule has 27 heavy (non-hydrogen) atoms. The number of amides is 1. The molecule has 1 aliphatic rings. The quantitative estimate of drug-likeness (QED) is 0.819. The van der Waals surface area contributed by atoms with Crippen molar-refractivity contribution in [2.45, 2.75) is 38.0 Å². The molecule has 5 nitrogen and oxygen atoms in total. The third-order valence-electron chi connectivity index (χ3n) is 4.74. The molecule has 1 heterocycles. The first kappa shape index (κ1) is 19.9. The van der Waals surface area contributed by atoms with E-state index in [0.29, 0.717) is 29.4 Å². The lowest BCUT2D eigenvalue weighted by Crippen LogP contribution is -2.35. The highest BCUT2D eigenvalue weighted by molar-refractivity contribution is 7.89. The number of benzene rings is 2. The Labute approximate surface area is 165 Å². The molecule has 1 aliphatic heterocycles. The maximum Gasteiger partial charge on any atom is 0.255 e. The molecule has 1 N–H and O–H groups in total. The number of carbonyl (C=O) groups is 1. The van der Waals surface area contributed by atoms with Gasteiger partial charge in [0.05, 0.1) is 15.6 Å². The van der Waals surface area contributed by atoms with Crippen LogP contribution in [0, 0.1) is 13.8 Å². The van der Waals surface area contributed by atoms with Crippen molar-refractivity contribution in [3.05, 3.63) is 58.1 Å². The number of piperidine rings is 1. The fourth-order valence-electron chi connectivity index (χ4n) is 3.29. The molecular weight excluding hydrogens is 384 g/mol. The molecule has 7 heteroatoms. The van der Waals surface area contributed by atoms with Gasteiger partial charge in [-0.05, 0) is 68.1 Å². The van der Waals surface area contributed by atoms with Crippen LogP contribution in [-0.2, 0) is 10.0 Å². The molecule has 1 amide bonds. The normalized spacial score (nSPS) is 15.5. The van der Waals surface area contributed by atoms with Crippen LogP contribution in [0.1, 0.15) is 40.7 Å². The standard InChI is InChI=1S/C20H23ClN2O3S/c1-14-12-15(2)19(18(21)13-14)22-20(24)16-6-8-17(9-7-16)27(25,26)23-10-4-3-5-11-23/h6-9,12-13H,3-5,10-11H2,1-2H3,(H,22,24). The first-order valence-electron chi connectivity index (χ1n) is 8.97. The van der Waals surface area contributed by atoms with Gasteiger partial charge in [0, 0.05) is 18.7 Å². The van der Waals surface area contributed by atoms with Gasteiger partial charge in [-0.2, -0.15) is 4.31 Å². The van der Waals surface area contributed by atoms with Crippen LogP contribution in [0.15, 0.2) is 41.3 Å². The molecule has 0 atom stereocenters. The molecule has 0 radical (unpaired) electrons. The van der Waals surface area contributed by atoms with E-state index in [-0.39, 0.29) is 10.8 Å². The molecule has 144 valence electrons. The highest BCUT2D eigenvalue weighted by Crippen LogP contribution is 2.28. The molecule has 0 saturated carbocycles. The van der Waals surface area contributed by atoms with Crippen molar-refractivity contribution in [2.75, 3.05) is 18.4 Å². The molecule has 2 aromatic carbocycles. The van der Waals surface area contributed by atoms with E-state index in [9.17, 15) is 13.2 Å². The zero-order chi connectivity index (χ0) is 19.6. The highest BCUT2D eigenvalue weighted by atomic mass is 35.5. The Morgan fingerprint density at radius 1 is 1.04 bits per heavy atom. The summed E-state index contributed by atoms with van der Waals surface area (Å²) >= 11 is 6.24. The minimum Gasteiger partial charge on any atom is -0.320 e. The summed E-state index contributed by atoms with van der Waals surface area (Å²) in [4.78, 5) is 12.7. The van der Waals surface area contributed by atoms with Crippen LogP contribution >= 0.6 is 11.6 Å². The summed E-state index contributed by atoms with van der Waals surface area (Å²) < 4.78 is 26.9. The minimum absolute atomic E-state index is 0.213. The number of rotatable bonds is 4. The van der Waals surface area contributed by atoms with Gasteiger partial charge < -0.3 is 5.32 Å². The lowest BCUT2D eigenvalue weighted by Gasteiger charge is -2.25. The Kier molecular flexibility index (Phi) is 5.89. The number of carbonyl (C=O) groups excluding carboxylic acids is 1. The third kappa shape index (κ3) is 4.34. The molecule has 0 unspecified atom stereocenters. The first-order chi connectivity index (χ1) is 12.8. The summed E-state index contributed by atoms with van der Waals surface area (Å²) in [7, 11) is -3.50. The Hall–Kier alpha value is -1.89. The van der Waals surface area contributed by atoms with E-state index in [2.05, 4.69) is 5.32 Å². The number of halogens is 1. The largest absolute Gasteiger partial charge is 0.320 e. The number of sulfonamides is 1. The van der Waals surface area contributed by atoms with Gasteiger partial charge in [-0.25, -0.2) is 8.42 Å². The molecule has 0 aromatic heterocycles. The van der Waals surface area contributed by atoms with Crippen LogP contribution in [-0.4, -0.2) is 31.7 Å². The summed E-state index contributed by atoms with van der Waals surface area (Å²) in [5.74, 6) is -0.328. The van der Waals surface area contributed by atoms with Crippen LogP contribution in [0.4, 0.5) is 5.69 Å². The zero-order valence-corrected chi connectivity index (χ0v) is 17.0. The Morgan fingerprint density at radius 2 is 1.67 bits per heavy atom. The van der Waals surface area contributed by atoms with E-state index in [4.69, 9.17) is 11.6 Å². The predicted octanol–water partition coefficient (Wildman–Crippen LogP) is 4.38. The van der Waals surface area contributed by atoms with Gasteiger partial charge in [-0.15, -0.1) is 0 Å². The van der Waals surface area contributed by atoms with E-state index in [1.165, 1.54) is 28.6 Å². The summed E-state index contributed by atoms with van der Waals surface area (Å²) in [6, 6.07) is 9.77. The topological polar surface area (TPSA) is 66.5 Å². The van der Waals surface area contributed by atoms with E-state index in [1.54, 1.807) is 6.07 Å². The number of aryl methyl sites for hydroxylation is 2. The second-order valence-corrected chi connectivity index (χ2v) is 9.23. The van der Waals surface area contributed by atoms with Gasteiger partial charge >= 0.3 is 0 Å². The number of anilines is 1. The maximum atomic E-state index is 12.7. The van der Waals surface area contributed by atoms with Gasteiger partial charge in [0.1, 0.15) is 0 Å². The molecule has 0 spiro atoms. The van der Waals surface area contributed by atoms with Crippen LogP contribution in [0.3, 0.4) is 0 Å². The fraction of sp³-hybridized carbons (Fsp3) is 0.350. The molecule has 0 bridgehead atoms. The molecular formula is C20H23ClN2O3S. The van der Waals surface area contributed by atoms with Crippen molar-refractivity contribution in [3.63, 3.8) is 0 Å². The fourth-order valence-corrected chi connectivity index (χ4v) is 5.18. The van der Waals surface area contributed by atoms with Gasteiger partial charge in [0.25, 0.3) is 5.91 Å². The first-order valence-corrected chi connectivity index (χ1v) is 10.8. The Morgan fingerprint density at radius 3 is 2.26 bits per heavy atom. The predicted molar refractivity (Wildman–Crippen MR) is 108 cm³/mol. The molecule has 1 fully saturated rings. The maximum absolute atomic E-state index is 12.7. The number of hydrogen-bond donors (Lipinski definition) is 1. The molecule has 2 aromatic rings. The Balaban J connectivity index is 1.78. The van der Waals surface area contributed by atoms with Gasteiger partial charge in [-0.3, -0.25) is 4.79 Å². The SMILES string of the molecule is Cc1cc(C)c(NC(=O)c2ccc(S(=O)(=O)N3CCCCC3)cc2)c(Cl)c1. The minimum atomic E-state index is -3.50. The molecule has 1 saturated heterocycles. The van der Waals surface area contributed by atoms with E-state index < -0.39 is 10.0 Å². The lowest BCUT2D eigenvalue weighted by atomic mass is 10.1. The number of nitrogens with zero attached hydrogens (tertiary/aromatic N) is 1. The monoisotopic (exact) mass is 406 g/mol. The van der Waals surface area contributed by atoms with E-state index in [0.717, 1.165) is 30.4 Å². The van der Waals surface area contributed by atoms with Crippen molar-refractivity contribution >= 4 is 33.2 Å². The molecule has 0 aliphatic carbocycles. The van der Waals surface area contributed by atoms with Gasteiger partial charge in [-0.1, -0.05) is 24.1 Å². The van der Waals surface area contributed by atoms with Crippen molar-refractivity contribution in [1.82, 2.24) is 4.31 Å². The highest BCUT2D eigenvalue weighted by Gasteiger charge is 2.26. The Bertz CT molecular complexity index is 927. The van der Waals surface area contributed by atoms with Gasteiger partial charge in [0.15, 0.2) is 0 Å². The van der Waals surface area contributed by atoms with Crippen molar-refractivity contribution in [2.24, 2.45) is 0 Å². The summed E-state index contributed by atoms with van der Waals surface area (Å²) in [5.41, 5.74) is 2.83. The summed E-state index contributed by atoms with van der Waals surface area (Å²) in [6.45, 7) is 4.92. The van der Waals surface area contributed by atoms with Crippen molar-refractivity contribution in [3.8, 4) is 0 Å². The smallest absolute Gasteiger partial charge is 0.255 e. The van der Waals surface area contributed by atoms with Crippen LogP contribution in [0.5, 0.6) is 0 Å². The number of nitrogens with one attached hydrogen (secondary N) is 1. The average molecular weight is 407 g/mol. The zero-order valence-electron chi connectivity index (χ0n) is 15.5. The second-order valence-electron chi connectivity index (χ2n) is 6.88. The second kappa shape index (κ2) is 8.00. The number of hydrogen-bond acceptors (Lipinski definition) is 3. The van der Waals surface area contributed by atoms with Crippen LogP contribution < -0.4 is 5.32 Å². The molecule has 3 rings (SSSR count). The van der Waals surface area contributed by atoms with E-state index in [1.807, 2.05) is 19.9 Å². The van der Waals surface area contributed by atoms with Crippen LogP contribution in [0.2, 0.25) is 5.02 Å². The summed E-state index contributed by atoms with van der Waals surface area (Å²) in [6.07, 6.45) is 2.83. The van der Waals surface area contributed by atoms with Crippen molar-refractivity contribution in [1.29, 1.82) is 0 Å². The van der Waals surface area contributed by atoms with Gasteiger partial charge in [0.2, 0.25) is 10.0 Å².